The van der Waals surface area contributed by atoms with Crippen LogP contribution in [0.25, 0.3) is 0 Å². The smallest absolute Gasteiger partial charge is 0.335 e. The van der Waals surface area contributed by atoms with Crippen LogP contribution >= 0.6 is 0 Å². The predicted octanol–water partition coefficient (Wildman–Crippen LogP) is 2.28. The van der Waals surface area contributed by atoms with Crippen molar-refractivity contribution in [3.05, 3.63) is 47.5 Å². The molecule has 1 heterocycles. The molecule has 0 fully saturated rings. The Morgan fingerprint density at radius 3 is 2.53 bits per heavy atom. The first kappa shape index (κ1) is 13.1. The van der Waals surface area contributed by atoms with Crippen LogP contribution in [-0.2, 0) is 6.54 Å². The zero-order valence-corrected chi connectivity index (χ0v) is 11.0. The zero-order chi connectivity index (χ0) is 13.8. The van der Waals surface area contributed by atoms with Crippen LogP contribution in [0.4, 0.5) is 0 Å². The number of aromatic carboxylic acids is 1. The van der Waals surface area contributed by atoms with E-state index in [9.17, 15) is 4.79 Å². The van der Waals surface area contributed by atoms with Gasteiger partial charge >= 0.3 is 5.97 Å². The summed E-state index contributed by atoms with van der Waals surface area (Å²) in [5.41, 5.74) is 1.25. The molecule has 0 amide bonds. The van der Waals surface area contributed by atoms with Gasteiger partial charge in [0.1, 0.15) is 18.2 Å². The van der Waals surface area contributed by atoms with E-state index in [2.05, 4.69) is 4.98 Å². The van der Waals surface area contributed by atoms with Crippen LogP contribution in [-0.4, -0.2) is 27.2 Å². The second-order valence-electron chi connectivity index (χ2n) is 4.30. The summed E-state index contributed by atoms with van der Waals surface area (Å²) < 4.78 is 7.60. The van der Waals surface area contributed by atoms with Crippen LogP contribution in [0.5, 0.6) is 5.75 Å². The fourth-order valence-electron chi connectivity index (χ4n) is 1.85. The maximum absolute atomic E-state index is 10.7. The lowest BCUT2D eigenvalue weighted by molar-refractivity contribution is 0.0697. The van der Waals surface area contributed by atoms with Crippen LogP contribution in [0.15, 0.2) is 30.5 Å². The topological polar surface area (TPSA) is 64.3 Å². The van der Waals surface area contributed by atoms with E-state index >= 15 is 0 Å². The minimum atomic E-state index is -0.934. The third kappa shape index (κ3) is 3.34. The highest BCUT2D eigenvalue weighted by molar-refractivity contribution is 5.87. The van der Waals surface area contributed by atoms with Gasteiger partial charge < -0.3 is 14.4 Å². The maximum atomic E-state index is 10.7. The summed E-state index contributed by atoms with van der Waals surface area (Å²) in [5, 5.41) is 8.78. The minimum Gasteiger partial charge on any atom is -0.492 e. The molecule has 0 aliphatic rings. The SMILES string of the molecule is Cc1cn(CCOc2ccc(C(=O)O)cc2)c(C)n1. The first-order chi connectivity index (χ1) is 9.06. The van der Waals surface area contributed by atoms with Gasteiger partial charge in [0.25, 0.3) is 0 Å². The minimum absolute atomic E-state index is 0.258. The average molecular weight is 260 g/mol. The molecule has 2 rings (SSSR count). The number of nitrogens with zero attached hydrogens (tertiary/aromatic N) is 2. The van der Waals surface area contributed by atoms with E-state index in [1.807, 2.05) is 24.6 Å². The molecule has 0 spiro atoms. The van der Waals surface area contributed by atoms with Gasteiger partial charge in [-0.3, -0.25) is 0 Å². The van der Waals surface area contributed by atoms with Crippen molar-refractivity contribution in [3.8, 4) is 5.75 Å². The highest BCUT2D eigenvalue weighted by Gasteiger charge is 2.03. The van der Waals surface area contributed by atoms with Crippen molar-refractivity contribution in [1.29, 1.82) is 0 Å². The van der Waals surface area contributed by atoms with Gasteiger partial charge in [0.2, 0.25) is 0 Å². The Hall–Kier alpha value is -2.30. The number of carboxylic acid groups (broad SMARTS) is 1. The molecule has 0 aliphatic carbocycles. The number of aromatic nitrogens is 2. The van der Waals surface area contributed by atoms with Crippen LogP contribution in [0.3, 0.4) is 0 Å². The van der Waals surface area contributed by atoms with Gasteiger partial charge in [-0.25, -0.2) is 9.78 Å². The molecule has 0 saturated heterocycles. The monoisotopic (exact) mass is 260 g/mol. The summed E-state index contributed by atoms with van der Waals surface area (Å²) in [6.45, 7) is 5.14. The molecule has 0 unspecified atom stereocenters. The van der Waals surface area contributed by atoms with Gasteiger partial charge in [0.05, 0.1) is 17.8 Å². The number of carboxylic acids is 1. The molecule has 1 aromatic heterocycles. The molecular formula is C14H16N2O3. The summed E-state index contributed by atoms with van der Waals surface area (Å²) in [6.07, 6.45) is 1.98. The van der Waals surface area contributed by atoms with E-state index in [4.69, 9.17) is 9.84 Å². The Morgan fingerprint density at radius 1 is 1.32 bits per heavy atom. The number of hydrogen-bond acceptors (Lipinski definition) is 3. The maximum Gasteiger partial charge on any atom is 0.335 e. The van der Waals surface area contributed by atoms with Gasteiger partial charge in [-0.2, -0.15) is 0 Å². The second kappa shape index (κ2) is 5.56. The van der Waals surface area contributed by atoms with E-state index < -0.39 is 5.97 Å². The van der Waals surface area contributed by atoms with E-state index in [0.717, 1.165) is 11.5 Å². The number of ether oxygens (including phenoxy) is 1. The van der Waals surface area contributed by atoms with E-state index in [1.54, 1.807) is 12.1 Å². The van der Waals surface area contributed by atoms with E-state index in [1.165, 1.54) is 12.1 Å². The Bertz CT molecular complexity index is 573. The molecule has 0 saturated carbocycles. The molecule has 0 atom stereocenters. The van der Waals surface area contributed by atoms with E-state index in [-0.39, 0.29) is 5.56 Å². The molecule has 5 nitrogen and oxygen atoms in total. The highest BCUT2D eigenvalue weighted by atomic mass is 16.5. The lowest BCUT2D eigenvalue weighted by atomic mass is 10.2. The van der Waals surface area contributed by atoms with Crippen LogP contribution in [0.2, 0.25) is 0 Å². The Kier molecular flexibility index (Phi) is 3.85. The standard InChI is InChI=1S/C14H16N2O3/c1-10-9-16(11(2)15-10)7-8-19-13-5-3-12(4-6-13)14(17)18/h3-6,9H,7-8H2,1-2H3,(H,17,18). The van der Waals surface area contributed by atoms with Crippen LogP contribution in [0.1, 0.15) is 21.9 Å². The number of rotatable bonds is 5. The highest BCUT2D eigenvalue weighted by Crippen LogP contribution is 2.12. The van der Waals surface area contributed by atoms with Crippen molar-refractivity contribution in [2.75, 3.05) is 6.61 Å². The average Bonchev–Trinajstić information content (AvgIpc) is 2.68. The van der Waals surface area contributed by atoms with Gasteiger partial charge in [0, 0.05) is 6.20 Å². The Balaban J connectivity index is 1.89. The van der Waals surface area contributed by atoms with Crippen molar-refractivity contribution < 1.29 is 14.6 Å². The van der Waals surface area contributed by atoms with Gasteiger partial charge in [-0.05, 0) is 38.1 Å². The molecular weight excluding hydrogens is 244 g/mol. The molecule has 5 heteroatoms. The van der Waals surface area contributed by atoms with E-state index in [0.29, 0.717) is 18.9 Å². The third-order valence-electron chi connectivity index (χ3n) is 2.80. The number of benzene rings is 1. The Labute approximate surface area is 111 Å². The molecule has 0 bridgehead atoms. The molecule has 0 radical (unpaired) electrons. The lowest BCUT2D eigenvalue weighted by Crippen LogP contribution is -2.08. The fourth-order valence-corrected chi connectivity index (χ4v) is 1.85. The molecule has 19 heavy (non-hydrogen) atoms. The van der Waals surface area contributed by atoms with Crippen LogP contribution in [0, 0.1) is 13.8 Å². The van der Waals surface area contributed by atoms with Crippen molar-refractivity contribution in [3.63, 3.8) is 0 Å². The second-order valence-corrected chi connectivity index (χ2v) is 4.30. The molecule has 1 N–H and O–H groups in total. The zero-order valence-electron chi connectivity index (χ0n) is 11.0. The van der Waals surface area contributed by atoms with Crippen molar-refractivity contribution in [1.82, 2.24) is 9.55 Å². The molecule has 2 aromatic rings. The summed E-state index contributed by atoms with van der Waals surface area (Å²) >= 11 is 0. The predicted molar refractivity (Wildman–Crippen MR) is 70.6 cm³/mol. The molecule has 0 aliphatic heterocycles. The Morgan fingerprint density at radius 2 is 2.00 bits per heavy atom. The number of hydrogen-bond donors (Lipinski definition) is 1. The van der Waals surface area contributed by atoms with Crippen LogP contribution < -0.4 is 4.74 Å². The largest absolute Gasteiger partial charge is 0.492 e. The molecule has 100 valence electrons. The van der Waals surface area contributed by atoms with Crippen molar-refractivity contribution in [2.24, 2.45) is 0 Å². The van der Waals surface area contributed by atoms with Gasteiger partial charge in [-0.1, -0.05) is 0 Å². The number of imidazole rings is 1. The van der Waals surface area contributed by atoms with Gasteiger partial charge in [-0.15, -0.1) is 0 Å². The molecule has 1 aromatic carbocycles. The number of carbonyl (C=O) groups is 1. The quantitative estimate of drug-likeness (QED) is 0.895. The summed E-state index contributed by atoms with van der Waals surface area (Å²) in [5.74, 6) is 0.692. The first-order valence-corrected chi connectivity index (χ1v) is 6.03. The summed E-state index contributed by atoms with van der Waals surface area (Å²) in [7, 11) is 0. The fraction of sp³-hybridized carbons (Fsp3) is 0.286. The van der Waals surface area contributed by atoms with Crippen molar-refractivity contribution in [2.45, 2.75) is 20.4 Å². The third-order valence-corrected chi connectivity index (χ3v) is 2.80. The van der Waals surface area contributed by atoms with Gasteiger partial charge in [0.15, 0.2) is 0 Å². The first-order valence-electron chi connectivity index (χ1n) is 6.03. The lowest BCUT2D eigenvalue weighted by Gasteiger charge is -2.08. The van der Waals surface area contributed by atoms with Crippen molar-refractivity contribution >= 4 is 5.97 Å². The summed E-state index contributed by atoms with van der Waals surface area (Å²) in [6, 6.07) is 6.39. The number of aryl methyl sites for hydroxylation is 2. The normalized spacial score (nSPS) is 10.4. The summed E-state index contributed by atoms with van der Waals surface area (Å²) in [4.78, 5) is 15.0.